The molecule has 0 fully saturated rings. The Hall–Kier alpha value is -2.10. The molecule has 0 amide bonds. The predicted molar refractivity (Wildman–Crippen MR) is 89.5 cm³/mol. The second kappa shape index (κ2) is 5.72. The summed E-state index contributed by atoms with van der Waals surface area (Å²) < 4.78 is 0. The number of hydrogen-bond donors (Lipinski definition) is 2. The fourth-order valence-electron chi connectivity index (χ4n) is 1.98. The first-order valence-corrected chi connectivity index (χ1v) is 7.21. The Morgan fingerprint density at radius 3 is 2.24 bits per heavy atom. The number of anilines is 3. The molecule has 1 aromatic carbocycles. The lowest BCUT2D eigenvalue weighted by molar-refractivity contribution is 0.547. The lowest BCUT2D eigenvalue weighted by Gasteiger charge is -2.19. The number of nitrogens with one attached hydrogen (secondary N) is 2. The third-order valence-corrected chi connectivity index (χ3v) is 3.31. The van der Waals surface area contributed by atoms with Crippen molar-refractivity contribution in [2.75, 3.05) is 17.7 Å². The molecular weight excluding hydrogens is 260 g/mol. The van der Waals surface area contributed by atoms with Crippen molar-refractivity contribution in [2.45, 2.75) is 40.0 Å². The van der Waals surface area contributed by atoms with Crippen molar-refractivity contribution >= 4 is 17.3 Å². The van der Waals surface area contributed by atoms with Gasteiger partial charge < -0.3 is 10.6 Å². The fraction of sp³-hybridized carbons (Fsp3) is 0.412. The van der Waals surface area contributed by atoms with Crippen LogP contribution in [0.1, 0.15) is 37.7 Å². The molecule has 0 aliphatic heterocycles. The van der Waals surface area contributed by atoms with E-state index in [9.17, 15) is 0 Å². The molecule has 2 aromatic rings. The Kier molecular flexibility index (Phi) is 4.16. The smallest absolute Gasteiger partial charge is 0.138 e. The van der Waals surface area contributed by atoms with E-state index in [0.29, 0.717) is 0 Å². The molecule has 0 unspecified atom stereocenters. The van der Waals surface area contributed by atoms with Crippen LogP contribution in [0.25, 0.3) is 0 Å². The van der Waals surface area contributed by atoms with Gasteiger partial charge >= 0.3 is 0 Å². The SMILES string of the molecule is CNc1cc(Nc2cc(C)ccc2C)nc(C(C)(C)C)n1. The summed E-state index contributed by atoms with van der Waals surface area (Å²) >= 11 is 0. The van der Waals surface area contributed by atoms with Crippen LogP contribution in [0.2, 0.25) is 0 Å². The van der Waals surface area contributed by atoms with Crippen molar-refractivity contribution in [3.8, 4) is 0 Å². The minimum atomic E-state index is -0.0923. The van der Waals surface area contributed by atoms with E-state index >= 15 is 0 Å². The van der Waals surface area contributed by atoms with Crippen molar-refractivity contribution in [2.24, 2.45) is 0 Å². The molecule has 0 atom stereocenters. The average Bonchev–Trinajstić information content (AvgIpc) is 2.41. The van der Waals surface area contributed by atoms with E-state index < -0.39 is 0 Å². The van der Waals surface area contributed by atoms with Gasteiger partial charge in [0.05, 0.1) is 0 Å². The minimum Gasteiger partial charge on any atom is -0.373 e. The van der Waals surface area contributed by atoms with Crippen molar-refractivity contribution in [3.63, 3.8) is 0 Å². The summed E-state index contributed by atoms with van der Waals surface area (Å²) in [5.41, 5.74) is 3.41. The molecule has 0 radical (unpaired) electrons. The zero-order valence-corrected chi connectivity index (χ0v) is 13.7. The van der Waals surface area contributed by atoms with Gasteiger partial charge in [-0.1, -0.05) is 32.9 Å². The Morgan fingerprint density at radius 2 is 1.62 bits per heavy atom. The van der Waals surface area contributed by atoms with E-state index in [4.69, 9.17) is 0 Å². The Morgan fingerprint density at radius 1 is 0.952 bits per heavy atom. The number of hydrogen-bond acceptors (Lipinski definition) is 4. The molecule has 2 N–H and O–H groups in total. The van der Waals surface area contributed by atoms with Gasteiger partial charge in [0.2, 0.25) is 0 Å². The molecule has 0 bridgehead atoms. The maximum absolute atomic E-state index is 4.66. The maximum atomic E-state index is 4.66. The summed E-state index contributed by atoms with van der Waals surface area (Å²) in [4.78, 5) is 9.20. The summed E-state index contributed by atoms with van der Waals surface area (Å²) in [6.07, 6.45) is 0. The summed E-state index contributed by atoms with van der Waals surface area (Å²) in [6, 6.07) is 8.28. The Bertz CT molecular complexity index is 642. The molecule has 0 saturated carbocycles. The highest BCUT2D eigenvalue weighted by Gasteiger charge is 2.19. The first-order valence-electron chi connectivity index (χ1n) is 7.21. The molecule has 0 aliphatic rings. The van der Waals surface area contributed by atoms with Crippen LogP contribution in [0.3, 0.4) is 0 Å². The molecule has 4 nitrogen and oxygen atoms in total. The zero-order chi connectivity index (χ0) is 15.6. The predicted octanol–water partition coefficient (Wildman–Crippen LogP) is 4.18. The summed E-state index contributed by atoms with van der Waals surface area (Å²) in [7, 11) is 1.87. The Balaban J connectivity index is 2.42. The second-order valence-corrected chi connectivity index (χ2v) is 6.41. The molecule has 21 heavy (non-hydrogen) atoms. The first-order chi connectivity index (χ1) is 9.79. The third kappa shape index (κ3) is 3.72. The second-order valence-electron chi connectivity index (χ2n) is 6.41. The van der Waals surface area contributed by atoms with Gasteiger partial charge in [-0.05, 0) is 31.0 Å². The van der Waals surface area contributed by atoms with Gasteiger partial charge in [-0.25, -0.2) is 9.97 Å². The largest absolute Gasteiger partial charge is 0.373 e. The van der Waals surface area contributed by atoms with Crippen molar-refractivity contribution < 1.29 is 0 Å². The first kappa shape index (κ1) is 15.3. The molecule has 0 aliphatic carbocycles. The monoisotopic (exact) mass is 284 g/mol. The third-order valence-electron chi connectivity index (χ3n) is 3.31. The normalized spacial score (nSPS) is 11.3. The van der Waals surface area contributed by atoms with Crippen LogP contribution in [-0.4, -0.2) is 17.0 Å². The van der Waals surface area contributed by atoms with Gasteiger partial charge in [-0.3, -0.25) is 0 Å². The topological polar surface area (TPSA) is 49.8 Å². The molecule has 1 aromatic heterocycles. The number of rotatable bonds is 3. The lowest BCUT2D eigenvalue weighted by atomic mass is 9.96. The Labute approximate surface area is 127 Å². The summed E-state index contributed by atoms with van der Waals surface area (Å²) in [5.74, 6) is 2.46. The van der Waals surface area contributed by atoms with Crippen LogP contribution < -0.4 is 10.6 Å². The minimum absolute atomic E-state index is 0.0923. The van der Waals surface area contributed by atoms with E-state index in [1.165, 1.54) is 11.1 Å². The van der Waals surface area contributed by atoms with Crippen LogP contribution >= 0.6 is 0 Å². The number of nitrogens with zero attached hydrogens (tertiary/aromatic N) is 2. The molecule has 0 spiro atoms. The van der Waals surface area contributed by atoms with Crippen molar-refractivity contribution in [1.29, 1.82) is 0 Å². The van der Waals surface area contributed by atoms with Gasteiger partial charge in [0.15, 0.2) is 0 Å². The van der Waals surface area contributed by atoms with Crippen LogP contribution in [0.5, 0.6) is 0 Å². The van der Waals surface area contributed by atoms with Gasteiger partial charge in [0, 0.05) is 24.2 Å². The molecular formula is C17H24N4. The highest BCUT2D eigenvalue weighted by atomic mass is 15.1. The highest BCUT2D eigenvalue weighted by molar-refractivity contribution is 5.63. The maximum Gasteiger partial charge on any atom is 0.138 e. The number of aromatic nitrogens is 2. The van der Waals surface area contributed by atoms with E-state index in [-0.39, 0.29) is 5.41 Å². The van der Waals surface area contributed by atoms with Crippen LogP contribution in [0.4, 0.5) is 17.3 Å². The van der Waals surface area contributed by atoms with Gasteiger partial charge in [0.25, 0.3) is 0 Å². The molecule has 4 heteroatoms. The molecule has 112 valence electrons. The fourth-order valence-corrected chi connectivity index (χ4v) is 1.98. The summed E-state index contributed by atoms with van der Waals surface area (Å²) in [5, 5.41) is 6.51. The van der Waals surface area contributed by atoms with Gasteiger partial charge in [-0.15, -0.1) is 0 Å². The van der Waals surface area contributed by atoms with E-state index in [1.54, 1.807) is 0 Å². The summed E-state index contributed by atoms with van der Waals surface area (Å²) in [6.45, 7) is 10.5. The molecule has 2 rings (SSSR count). The van der Waals surface area contributed by atoms with Crippen molar-refractivity contribution in [3.05, 3.63) is 41.2 Å². The average molecular weight is 284 g/mol. The number of benzene rings is 1. The lowest BCUT2D eigenvalue weighted by Crippen LogP contribution is -2.17. The standard InChI is InChI=1S/C17H24N4/c1-11-7-8-12(2)13(9-11)19-15-10-14(18-6)20-16(21-15)17(3,4)5/h7-10H,1-6H3,(H2,18,19,20,21). The van der Waals surface area contributed by atoms with E-state index in [1.807, 2.05) is 13.1 Å². The quantitative estimate of drug-likeness (QED) is 0.888. The van der Waals surface area contributed by atoms with Crippen LogP contribution in [-0.2, 0) is 5.41 Å². The van der Waals surface area contributed by atoms with Gasteiger partial charge in [-0.2, -0.15) is 0 Å². The van der Waals surface area contributed by atoms with Crippen molar-refractivity contribution in [1.82, 2.24) is 9.97 Å². The molecule has 0 saturated heterocycles. The number of aryl methyl sites for hydroxylation is 2. The highest BCUT2D eigenvalue weighted by Crippen LogP contribution is 2.25. The van der Waals surface area contributed by atoms with E-state index in [0.717, 1.165) is 23.1 Å². The van der Waals surface area contributed by atoms with Gasteiger partial charge in [0.1, 0.15) is 17.5 Å². The van der Waals surface area contributed by atoms with E-state index in [2.05, 4.69) is 73.4 Å². The molecule has 1 heterocycles. The van der Waals surface area contributed by atoms with Crippen LogP contribution in [0.15, 0.2) is 24.3 Å². The van der Waals surface area contributed by atoms with Crippen LogP contribution in [0, 0.1) is 13.8 Å². The zero-order valence-electron chi connectivity index (χ0n) is 13.7.